The number of nitrogens with one attached hydrogen (secondary N) is 1. The summed E-state index contributed by atoms with van der Waals surface area (Å²) >= 11 is 3.38. The molecule has 3 aromatic rings. The van der Waals surface area contributed by atoms with Gasteiger partial charge in [-0.3, -0.25) is 19.3 Å². The van der Waals surface area contributed by atoms with Gasteiger partial charge in [0.1, 0.15) is 0 Å². The van der Waals surface area contributed by atoms with Gasteiger partial charge < -0.3 is 5.32 Å². The third kappa shape index (κ3) is 3.40. The van der Waals surface area contributed by atoms with Crippen LogP contribution in [0.15, 0.2) is 83.3 Å². The van der Waals surface area contributed by atoms with Crippen molar-refractivity contribution in [2.45, 2.75) is 18.8 Å². The number of halogens is 1. The van der Waals surface area contributed by atoms with Crippen molar-refractivity contribution in [3.8, 4) is 0 Å². The third-order valence-electron chi connectivity index (χ3n) is 7.73. The highest BCUT2D eigenvalue weighted by Crippen LogP contribution is 2.61. The lowest BCUT2D eigenvalue weighted by Crippen LogP contribution is -2.33. The fourth-order valence-electron chi connectivity index (χ4n) is 6.30. The van der Waals surface area contributed by atoms with Crippen LogP contribution in [0.1, 0.15) is 34.7 Å². The Morgan fingerprint density at radius 1 is 0.824 bits per heavy atom. The number of nitrogens with zero attached hydrogens (tertiary/aromatic N) is 1. The SMILES string of the molecule is O=C(Nc1ccc(Br)cc1)c1ccc(N2C(=O)[C@@H]3[C@@H]4C[C@@H]([C@@H]3C2=O)[C@H](c2ccccc2)C4)cc1. The van der Waals surface area contributed by atoms with Crippen LogP contribution in [0.2, 0.25) is 0 Å². The Hall–Kier alpha value is -3.25. The van der Waals surface area contributed by atoms with Gasteiger partial charge in [0, 0.05) is 15.7 Å². The molecule has 1 heterocycles. The number of benzene rings is 3. The average molecular weight is 515 g/mol. The van der Waals surface area contributed by atoms with E-state index in [4.69, 9.17) is 0 Å². The van der Waals surface area contributed by atoms with Crippen molar-refractivity contribution in [1.29, 1.82) is 0 Å². The van der Waals surface area contributed by atoms with Crippen LogP contribution in [-0.4, -0.2) is 17.7 Å². The highest BCUT2D eigenvalue weighted by atomic mass is 79.9. The summed E-state index contributed by atoms with van der Waals surface area (Å²) in [6, 6.07) is 24.4. The molecule has 5 atom stereocenters. The predicted molar refractivity (Wildman–Crippen MR) is 133 cm³/mol. The fraction of sp³-hybridized carbons (Fsp3) is 0.250. The maximum absolute atomic E-state index is 13.5. The van der Waals surface area contributed by atoms with E-state index in [2.05, 4.69) is 33.4 Å². The molecule has 0 unspecified atom stereocenters. The molecular formula is C28H23BrN2O3. The van der Waals surface area contributed by atoms with Crippen molar-refractivity contribution in [2.75, 3.05) is 10.2 Å². The largest absolute Gasteiger partial charge is 0.322 e. The molecule has 34 heavy (non-hydrogen) atoms. The van der Waals surface area contributed by atoms with E-state index in [9.17, 15) is 14.4 Å². The van der Waals surface area contributed by atoms with Gasteiger partial charge in [0.15, 0.2) is 0 Å². The van der Waals surface area contributed by atoms with Crippen LogP contribution in [0.4, 0.5) is 11.4 Å². The molecule has 2 aliphatic carbocycles. The van der Waals surface area contributed by atoms with Crippen molar-refractivity contribution < 1.29 is 14.4 Å². The fourth-order valence-corrected chi connectivity index (χ4v) is 6.56. The number of carbonyl (C=O) groups is 3. The number of fused-ring (bicyclic) bond motifs is 5. The van der Waals surface area contributed by atoms with E-state index in [-0.39, 0.29) is 41.4 Å². The van der Waals surface area contributed by atoms with E-state index in [0.29, 0.717) is 22.9 Å². The van der Waals surface area contributed by atoms with E-state index in [1.807, 2.05) is 42.5 Å². The average Bonchev–Trinajstić information content (AvgIpc) is 3.52. The van der Waals surface area contributed by atoms with E-state index in [1.165, 1.54) is 10.5 Å². The molecule has 0 spiro atoms. The van der Waals surface area contributed by atoms with Gasteiger partial charge in [0.05, 0.1) is 17.5 Å². The summed E-state index contributed by atoms with van der Waals surface area (Å²) in [5.74, 6) is -0.0410. The number of imide groups is 1. The Morgan fingerprint density at radius 3 is 2.21 bits per heavy atom. The number of hydrogen-bond acceptors (Lipinski definition) is 3. The Bertz CT molecular complexity index is 1270. The lowest BCUT2D eigenvalue weighted by molar-refractivity contribution is -0.123. The molecular weight excluding hydrogens is 492 g/mol. The Balaban J connectivity index is 1.20. The zero-order valence-electron chi connectivity index (χ0n) is 18.4. The van der Waals surface area contributed by atoms with Crippen molar-refractivity contribution in [3.05, 3.63) is 94.5 Å². The van der Waals surface area contributed by atoms with Crippen LogP contribution in [0.25, 0.3) is 0 Å². The zero-order valence-corrected chi connectivity index (χ0v) is 19.9. The second kappa shape index (κ2) is 8.20. The lowest BCUT2D eigenvalue weighted by atomic mass is 9.73. The van der Waals surface area contributed by atoms with Crippen LogP contribution in [-0.2, 0) is 9.59 Å². The number of hydrogen-bond donors (Lipinski definition) is 1. The molecule has 6 rings (SSSR count). The lowest BCUT2D eigenvalue weighted by Gasteiger charge is -2.28. The number of carbonyl (C=O) groups excluding carboxylic acids is 3. The summed E-state index contributed by atoms with van der Waals surface area (Å²) in [5.41, 5.74) is 2.97. The van der Waals surface area contributed by atoms with Crippen molar-refractivity contribution >= 4 is 45.0 Å². The van der Waals surface area contributed by atoms with E-state index >= 15 is 0 Å². The molecule has 6 heteroatoms. The molecule has 3 amide bonds. The first-order chi connectivity index (χ1) is 16.5. The molecule has 1 aliphatic heterocycles. The zero-order chi connectivity index (χ0) is 23.4. The van der Waals surface area contributed by atoms with Gasteiger partial charge in [-0.15, -0.1) is 0 Å². The minimum atomic E-state index is -0.242. The van der Waals surface area contributed by atoms with Gasteiger partial charge in [-0.2, -0.15) is 0 Å². The van der Waals surface area contributed by atoms with Crippen molar-refractivity contribution in [2.24, 2.45) is 23.7 Å². The first-order valence-corrected chi connectivity index (χ1v) is 12.4. The molecule has 1 N–H and O–H groups in total. The standard InChI is InChI=1S/C28H23BrN2O3/c29-19-8-10-20(11-9-19)30-26(32)17-6-12-21(13-7-17)31-27(33)24-18-14-22(16-4-2-1-3-5-16)23(15-18)25(24)28(31)34/h1-13,18,22-25H,14-15H2,(H,30,32)/t18-,22-,23+,24+,25-/m0/s1. The van der Waals surface area contributed by atoms with Crippen LogP contribution in [0, 0.1) is 23.7 Å². The highest BCUT2D eigenvalue weighted by Gasteiger charge is 2.64. The van der Waals surface area contributed by atoms with Gasteiger partial charge in [-0.05, 0) is 84.7 Å². The second-order valence-electron chi connectivity index (χ2n) is 9.48. The summed E-state index contributed by atoms with van der Waals surface area (Å²) in [6.45, 7) is 0. The number of anilines is 2. The monoisotopic (exact) mass is 514 g/mol. The maximum Gasteiger partial charge on any atom is 0.255 e. The first kappa shape index (κ1) is 21.3. The second-order valence-corrected chi connectivity index (χ2v) is 10.4. The minimum Gasteiger partial charge on any atom is -0.322 e. The number of amides is 3. The number of rotatable bonds is 4. The smallest absolute Gasteiger partial charge is 0.255 e. The molecule has 5 nitrogen and oxygen atoms in total. The van der Waals surface area contributed by atoms with Gasteiger partial charge in [-0.1, -0.05) is 46.3 Å². The summed E-state index contributed by atoms with van der Waals surface area (Å²) in [7, 11) is 0. The molecule has 1 saturated heterocycles. The molecule has 2 saturated carbocycles. The Morgan fingerprint density at radius 2 is 1.50 bits per heavy atom. The molecule has 2 bridgehead atoms. The minimum absolute atomic E-state index is 0.0823. The molecule has 170 valence electrons. The maximum atomic E-state index is 13.5. The van der Waals surface area contributed by atoms with Gasteiger partial charge in [0.2, 0.25) is 11.8 Å². The van der Waals surface area contributed by atoms with Crippen LogP contribution in [0.3, 0.4) is 0 Å². The Kier molecular flexibility index (Phi) is 5.14. The van der Waals surface area contributed by atoms with Gasteiger partial charge >= 0.3 is 0 Å². The molecule has 3 aliphatic rings. The Labute approximate surface area is 206 Å². The van der Waals surface area contributed by atoms with E-state index in [1.54, 1.807) is 24.3 Å². The summed E-state index contributed by atoms with van der Waals surface area (Å²) in [5, 5.41) is 2.86. The van der Waals surface area contributed by atoms with Crippen molar-refractivity contribution in [1.82, 2.24) is 0 Å². The topological polar surface area (TPSA) is 66.5 Å². The summed E-state index contributed by atoms with van der Waals surface area (Å²) in [4.78, 5) is 40.8. The van der Waals surface area contributed by atoms with Gasteiger partial charge in [0.25, 0.3) is 5.91 Å². The van der Waals surface area contributed by atoms with E-state index < -0.39 is 0 Å². The van der Waals surface area contributed by atoms with Gasteiger partial charge in [-0.25, -0.2) is 0 Å². The third-order valence-corrected chi connectivity index (χ3v) is 8.26. The predicted octanol–water partition coefficient (Wildman–Crippen LogP) is 5.63. The summed E-state index contributed by atoms with van der Waals surface area (Å²) in [6.07, 6.45) is 1.92. The van der Waals surface area contributed by atoms with E-state index in [0.717, 1.165) is 17.3 Å². The quantitative estimate of drug-likeness (QED) is 0.458. The molecule has 3 fully saturated rings. The van der Waals surface area contributed by atoms with Crippen LogP contribution < -0.4 is 10.2 Å². The molecule has 0 aromatic heterocycles. The highest BCUT2D eigenvalue weighted by molar-refractivity contribution is 9.10. The molecule has 3 aromatic carbocycles. The van der Waals surface area contributed by atoms with Crippen LogP contribution >= 0.6 is 15.9 Å². The first-order valence-electron chi connectivity index (χ1n) is 11.6. The molecule has 0 radical (unpaired) electrons. The van der Waals surface area contributed by atoms with Crippen molar-refractivity contribution in [3.63, 3.8) is 0 Å². The summed E-state index contributed by atoms with van der Waals surface area (Å²) < 4.78 is 0.933. The normalized spacial score (nSPS) is 27.2. The van der Waals surface area contributed by atoms with Crippen LogP contribution in [0.5, 0.6) is 0 Å².